The second-order valence-corrected chi connectivity index (χ2v) is 14.2. The highest BCUT2D eigenvalue weighted by atomic mass is 32.2. The van der Waals surface area contributed by atoms with Gasteiger partial charge in [-0.15, -0.1) is 0 Å². The lowest BCUT2D eigenvalue weighted by Crippen LogP contribution is -2.62. The maximum Gasteiger partial charge on any atom is 0.509 e. The summed E-state index contributed by atoms with van der Waals surface area (Å²) in [6, 6.07) is 6.05. The molecule has 5 rings (SSSR count). The standard InChI is InChI=1S/C32H38O9S/c1-5-16-39-29(36)41-32(27(35)19-40-42(37,38)23-9-6-20(2)7-10-23)15-13-25-24-11-8-21-17-22(33)12-14-30(21,3)28(24)26(34)18-31(25,32)4/h6-7,9-10,12,14,17,24-25,28H,5,8,11,13,15-16,18-19H2,1-4H3/t24-,25-,28+,30-,31-,32-/m0/s1. The molecule has 0 amide bonds. The fraction of sp³-hybridized carbons (Fsp3) is 0.562. The molecule has 226 valence electrons. The highest BCUT2D eigenvalue weighted by Crippen LogP contribution is 2.67. The summed E-state index contributed by atoms with van der Waals surface area (Å²) in [5.41, 5.74) is -1.70. The lowest BCUT2D eigenvalue weighted by Gasteiger charge is -2.57. The molecule has 0 unspecified atom stereocenters. The van der Waals surface area contributed by atoms with Crippen molar-refractivity contribution in [1.29, 1.82) is 0 Å². The minimum absolute atomic E-state index is 0.0407. The molecule has 3 saturated carbocycles. The normalized spacial score (nSPS) is 33.7. The highest BCUT2D eigenvalue weighted by Gasteiger charge is 2.70. The number of benzene rings is 1. The van der Waals surface area contributed by atoms with E-state index >= 15 is 0 Å². The van der Waals surface area contributed by atoms with Gasteiger partial charge in [-0.05, 0) is 75.1 Å². The van der Waals surface area contributed by atoms with Gasteiger partial charge < -0.3 is 9.47 Å². The Morgan fingerprint density at radius 3 is 2.48 bits per heavy atom. The van der Waals surface area contributed by atoms with Gasteiger partial charge >= 0.3 is 6.16 Å². The van der Waals surface area contributed by atoms with Crippen molar-refractivity contribution >= 4 is 33.6 Å². The molecule has 4 aliphatic rings. The van der Waals surface area contributed by atoms with Gasteiger partial charge in [0.2, 0.25) is 5.78 Å². The fourth-order valence-corrected chi connectivity index (χ4v) is 8.95. The number of hydrogen-bond acceptors (Lipinski definition) is 9. The van der Waals surface area contributed by atoms with Crippen molar-refractivity contribution in [2.75, 3.05) is 13.2 Å². The third-order valence-electron chi connectivity index (χ3n) is 10.2. The predicted octanol–water partition coefficient (Wildman–Crippen LogP) is 5.06. The Kier molecular flexibility index (Phi) is 7.85. The van der Waals surface area contributed by atoms with Crippen molar-refractivity contribution in [1.82, 2.24) is 0 Å². The monoisotopic (exact) mass is 598 g/mol. The minimum Gasteiger partial charge on any atom is -0.434 e. The first-order valence-electron chi connectivity index (χ1n) is 14.6. The molecule has 0 aliphatic heterocycles. The van der Waals surface area contributed by atoms with Gasteiger partial charge in [0.05, 0.1) is 11.5 Å². The molecule has 0 spiro atoms. The van der Waals surface area contributed by atoms with Gasteiger partial charge in [0.1, 0.15) is 12.4 Å². The molecule has 0 heterocycles. The Balaban J connectivity index is 1.47. The first kappa shape index (κ1) is 30.4. The summed E-state index contributed by atoms with van der Waals surface area (Å²) in [5.74, 6) is -1.52. The number of fused-ring (bicyclic) bond motifs is 5. The zero-order valence-electron chi connectivity index (χ0n) is 24.5. The van der Waals surface area contributed by atoms with Crippen LogP contribution >= 0.6 is 0 Å². The first-order valence-corrected chi connectivity index (χ1v) is 16.0. The van der Waals surface area contributed by atoms with Crippen LogP contribution in [-0.4, -0.2) is 50.7 Å². The summed E-state index contributed by atoms with van der Waals surface area (Å²) in [7, 11) is -4.28. The number of carbonyl (C=O) groups is 4. The lowest BCUT2D eigenvalue weighted by molar-refractivity contribution is -0.172. The minimum atomic E-state index is -4.28. The molecule has 4 aliphatic carbocycles. The van der Waals surface area contributed by atoms with Crippen LogP contribution in [0.1, 0.15) is 64.9 Å². The number of allylic oxidation sites excluding steroid dienone is 4. The number of aryl methyl sites for hydroxylation is 1. The van der Waals surface area contributed by atoms with Crippen LogP contribution in [0.15, 0.2) is 53.0 Å². The molecular weight excluding hydrogens is 560 g/mol. The van der Waals surface area contributed by atoms with Gasteiger partial charge in [-0.1, -0.05) is 50.1 Å². The number of ketones is 3. The molecule has 0 aromatic heterocycles. The topological polar surface area (TPSA) is 130 Å². The molecule has 3 fully saturated rings. The lowest BCUT2D eigenvalue weighted by atomic mass is 9.46. The van der Waals surface area contributed by atoms with Gasteiger partial charge in [0, 0.05) is 23.2 Å². The third kappa shape index (κ3) is 4.86. The maximum atomic E-state index is 14.1. The highest BCUT2D eigenvalue weighted by molar-refractivity contribution is 7.86. The Bertz CT molecular complexity index is 1470. The molecular formula is C32H38O9S. The molecule has 10 heteroatoms. The maximum absolute atomic E-state index is 14.1. The predicted molar refractivity (Wildman–Crippen MR) is 152 cm³/mol. The van der Waals surface area contributed by atoms with Crippen LogP contribution in [0.4, 0.5) is 4.79 Å². The molecule has 6 atom stereocenters. The van der Waals surface area contributed by atoms with E-state index in [-0.39, 0.29) is 53.7 Å². The molecule has 0 saturated heterocycles. The average molecular weight is 599 g/mol. The van der Waals surface area contributed by atoms with Crippen LogP contribution in [0.5, 0.6) is 0 Å². The van der Waals surface area contributed by atoms with Gasteiger partial charge in [0.15, 0.2) is 11.4 Å². The zero-order valence-corrected chi connectivity index (χ0v) is 25.3. The summed E-state index contributed by atoms with van der Waals surface area (Å²) in [4.78, 5) is 53.0. The van der Waals surface area contributed by atoms with Crippen molar-refractivity contribution < 1.29 is 41.3 Å². The zero-order chi connectivity index (χ0) is 30.5. The van der Waals surface area contributed by atoms with Crippen molar-refractivity contribution in [3.63, 3.8) is 0 Å². The van der Waals surface area contributed by atoms with Gasteiger partial charge in [-0.2, -0.15) is 8.42 Å². The second kappa shape index (κ2) is 10.9. The molecule has 0 N–H and O–H groups in total. The number of carbonyl (C=O) groups excluding carboxylic acids is 4. The number of Topliss-reactive ketones (excluding diaryl/α,β-unsaturated/α-hetero) is 2. The number of hydrogen-bond donors (Lipinski definition) is 0. The van der Waals surface area contributed by atoms with E-state index < -0.39 is 45.1 Å². The van der Waals surface area contributed by atoms with Crippen LogP contribution in [0.2, 0.25) is 0 Å². The van der Waals surface area contributed by atoms with E-state index in [2.05, 4.69) is 0 Å². The van der Waals surface area contributed by atoms with Crippen molar-refractivity contribution in [2.24, 2.45) is 28.6 Å². The molecule has 1 aromatic carbocycles. The molecule has 9 nitrogen and oxygen atoms in total. The van der Waals surface area contributed by atoms with Crippen molar-refractivity contribution in [3.05, 3.63) is 53.6 Å². The number of ether oxygens (including phenoxy) is 2. The van der Waals surface area contributed by atoms with Crippen LogP contribution in [0.3, 0.4) is 0 Å². The Morgan fingerprint density at radius 2 is 1.79 bits per heavy atom. The summed E-state index contributed by atoms with van der Waals surface area (Å²) >= 11 is 0. The summed E-state index contributed by atoms with van der Waals surface area (Å²) in [6.07, 6.45) is 6.39. The van der Waals surface area contributed by atoms with E-state index in [0.717, 1.165) is 11.1 Å². The molecule has 0 radical (unpaired) electrons. The van der Waals surface area contributed by atoms with Gasteiger partial charge in [-0.3, -0.25) is 18.6 Å². The smallest absolute Gasteiger partial charge is 0.434 e. The SMILES string of the molecule is CCCOC(=O)O[C@]1(C(=O)COS(=O)(=O)c2ccc(C)cc2)CC[C@H]2[C@@H]3CCC4=CC(=O)C=C[C@]4(C)[C@H]3C(=O)C[C@@]21C. The number of rotatable bonds is 8. The van der Waals surface area contributed by atoms with E-state index in [9.17, 15) is 27.6 Å². The van der Waals surface area contributed by atoms with Crippen molar-refractivity contribution in [2.45, 2.75) is 76.7 Å². The molecule has 0 bridgehead atoms. The third-order valence-corrected chi connectivity index (χ3v) is 11.4. The van der Waals surface area contributed by atoms with Crippen LogP contribution < -0.4 is 0 Å². The van der Waals surface area contributed by atoms with E-state index in [4.69, 9.17) is 13.7 Å². The van der Waals surface area contributed by atoms with Crippen LogP contribution in [0, 0.1) is 35.5 Å². The van der Waals surface area contributed by atoms with Gasteiger partial charge in [0.25, 0.3) is 10.1 Å². The molecule has 42 heavy (non-hydrogen) atoms. The van der Waals surface area contributed by atoms with Crippen molar-refractivity contribution in [3.8, 4) is 0 Å². The van der Waals surface area contributed by atoms with E-state index in [1.807, 2.05) is 26.8 Å². The summed E-state index contributed by atoms with van der Waals surface area (Å²) in [5, 5.41) is 0. The summed E-state index contributed by atoms with van der Waals surface area (Å²) < 4.78 is 42.2. The quantitative estimate of drug-likeness (QED) is 0.298. The Labute approximate surface area is 246 Å². The largest absolute Gasteiger partial charge is 0.509 e. The Morgan fingerprint density at radius 1 is 1.07 bits per heavy atom. The van der Waals surface area contributed by atoms with E-state index in [1.54, 1.807) is 25.1 Å². The Hall–Kier alpha value is -3.11. The first-order chi connectivity index (χ1) is 19.8. The fourth-order valence-electron chi connectivity index (χ4n) is 8.08. The van der Waals surface area contributed by atoms with Gasteiger partial charge in [-0.25, -0.2) is 4.79 Å². The average Bonchev–Trinajstić information content (AvgIpc) is 3.23. The van der Waals surface area contributed by atoms with Crippen LogP contribution in [0.25, 0.3) is 0 Å². The second-order valence-electron chi connectivity index (χ2n) is 12.6. The molecule has 1 aromatic rings. The summed E-state index contributed by atoms with van der Waals surface area (Å²) in [6.45, 7) is 6.67. The van der Waals surface area contributed by atoms with Crippen LogP contribution in [-0.2, 0) is 38.2 Å². The van der Waals surface area contributed by atoms with E-state index in [1.165, 1.54) is 18.2 Å². The van der Waals surface area contributed by atoms with E-state index in [0.29, 0.717) is 25.7 Å².